The van der Waals surface area contributed by atoms with Crippen molar-refractivity contribution in [1.82, 2.24) is 19.6 Å². The maximum Gasteiger partial charge on any atom is 0.246 e. The van der Waals surface area contributed by atoms with E-state index in [2.05, 4.69) is 5.10 Å². The lowest BCUT2D eigenvalue weighted by Crippen LogP contribution is -2.51. The van der Waals surface area contributed by atoms with E-state index in [4.69, 9.17) is 4.74 Å². The number of methoxy groups -OCH3 is 1. The molecule has 25 heavy (non-hydrogen) atoms. The summed E-state index contributed by atoms with van der Waals surface area (Å²) in [4.78, 5) is 27.8. The van der Waals surface area contributed by atoms with Crippen molar-refractivity contribution in [3.63, 3.8) is 0 Å². The van der Waals surface area contributed by atoms with Crippen molar-refractivity contribution in [2.75, 3.05) is 34.3 Å². The first-order valence-electron chi connectivity index (χ1n) is 8.56. The predicted octanol–water partition coefficient (Wildman–Crippen LogP) is 1.31. The smallest absolute Gasteiger partial charge is 0.246 e. The molecule has 2 rings (SSSR count). The summed E-state index contributed by atoms with van der Waals surface area (Å²) in [6.07, 6.45) is 9.70. The van der Waals surface area contributed by atoms with Gasteiger partial charge in [-0.05, 0) is 25.3 Å². The van der Waals surface area contributed by atoms with Crippen LogP contribution in [0.1, 0.15) is 31.2 Å². The average molecular weight is 348 g/mol. The number of aryl methyl sites for hydroxylation is 1. The van der Waals surface area contributed by atoms with Crippen LogP contribution in [-0.2, 0) is 21.4 Å². The molecule has 0 saturated carbocycles. The van der Waals surface area contributed by atoms with Gasteiger partial charge < -0.3 is 14.5 Å². The minimum Gasteiger partial charge on any atom is -0.376 e. The molecule has 0 N–H and O–H groups in total. The maximum absolute atomic E-state index is 12.5. The van der Waals surface area contributed by atoms with Gasteiger partial charge in [-0.3, -0.25) is 14.3 Å². The Kier molecular flexibility index (Phi) is 6.36. The van der Waals surface area contributed by atoms with E-state index >= 15 is 0 Å². The summed E-state index contributed by atoms with van der Waals surface area (Å²) in [6.45, 7) is 1.23. The number of aromatic nitrogens is 2. The lowest BCUT2D eigenvalue weighted by atomic mass is 9.87. The van der Waals surface area contributed by atoms with Gasteiger partial charge in [-0.1, -0.05) is 0 Å². The van der Waals surface area contributed by atoms with E-state index in [0.29, 0.717) is 25.9 Å². The van der Waals surface area contributed by atoms with Gasteiger partial charge in [0.25, 0.3) is 0 Å². The molecule has 1 aliphatic heterocycles. The van der Waals surface area contributed by atoms with Gasteiger partial charge in [0.1, 0.15) is 0 Å². The highest BCUT2D eigenvalue weighted by Gasteiger charge is 2.37. The summed E-state index contributed by atoms with van der Waals surface area (Å²) < 4.78 is 7.45. The van der Waals surface area contributed by atoms with E-state index in [9.17, 15) is 9.59 Å². The van der Waals surface area contributed by atoms with E-state index in [1.807, 2.05) is 13.2 Å². The van der Waals surface area contributed by atoms with Crippen molar-refractivity contribution in [3.8, 4) is 0 Å². The van der Waals surface area contributed by atoms with Crippen LogP contribution in [0.4, 0.5) is 0 Å². The normalized spacial score (nSPS) is 20.9. The SMILES string of the molecule is CO[C@]1(CCC(=O)N(C)C)CCCN(C(=O)/C=C/c2cnn(C)c2)C1. The monoisotopic (exact) mass is 348 g/mol. The number of hydrogen-bond donors (Lipinski definition) is 0. The zero-order chi connectivity index (χ0) is 18.4. The fourth-order valence-electron chi connectivity index (χ4n) is 3.12. The van der Waals surface area contributed by atoms with Crippen LogP contribution in [0.2, 0.25) is 0 Å². The Morgan fingerprint density at radius 1 is 1.44 bits per heavy atom. The fourth-order valence-corrected chi connectivity index (χ4v) is 3.12. The molecular weight excluding hydrogens is 320 g/mol. The maximum atomic E-state index is 12.5. The van der Waals surface area contributed by atoms with Gasteiger partial charge in [0.15, 0.2) is 0 Å². The van der Waals surface area contributed by atoms with Crippen molar-refractivity contribution >= 4 is 17.9 Å². The second-order valence-corrected chi connectivity index (χ2v) is 6.82. The van der Waals surface area contributed by atoms with Crippen molar-refractivity contribution in [2.24, 2.45) is 7.05 Å². The molecule has 0 spiro atoms. The molecule has 1 aliphatic rings. The van der Waals surface area contributed by atoms with E-state index in [0.717, 1.165) is 18.4 Å². The second-order valence-electron chi connectivity index (χ2n) is 6.82. The van der Waals surface area contributed by atoms with Crippen LogP contribution in [0, 0.1) is 0 Å². The highest BCUT2D eigenvalue weighted by atomic mass is 16.5. The fraction of sp³-hybridized carbons (Fsp3) is 0.611. The van der Waals surface area contributed by atoms with Crippen LogP contribution < -0.4 is 0 Å². The molecule has 7 nitrogen and oxygen atoms in total. The molecule has 0 radical (unpaired) electrons. The number of piperidine rings is 1. The highest BCUT2D eigenvalue weighted by molar-refractivity contribution is 5.91. The van der Waals surface area contributed by atoms with E-state index in [-0.39, 0.29) is 11.8 Å². The molecule has 0 unspecified atom stereocenters. The van der Waals surface area contributed by atoms with Crippen molar-refractivity contribution in [2.45, 2.75) is 31.3 Å². The van der Waals surface area contributed by atoms with Gasteiger partial charge in [-0.15, -0.1) is 0 Å². The third-order valence-corrected chi connectivity index (χ3v) is 4.72. The van der Waals surface area contributed by atoms with E-state index in [1.165, 1.54) is 0 Å². The molecule has 1 atom stereocenters. The molecule has 1 fully saturated rings. The Hall–Kier alpha value is -2.15. The number of amides is 2. The largest absolute Gasteiger partial charge is 0.376 e. The molecule has 7 heteroatoms. The van der Waals surface area contributed by atoms with Crippen molar-refractivity contribution in [3.05, 3.63) is 24.0 Å². The van der Waals surface area contributed by atoms with Crippen LogP contribution in [0.15, 0.2) is 18.5 Å². The summed E-state index contributed by atoms with van der Waals surface area (Å²) in [5.74, 6) is 0.0419. The summed E-state index contributed by atoms with van der Waals surface area (Å²) in [5.41, 5.74) is 0.448. The van der Waals surface area contributed by atoms with Gasteiger partial charge in [0.05, 0.1) is 11.8 Å². The lowest BCUT2D eigenvalue weighted by molar-refractivity contribution is -0.138. The van der Waals surface area contributed by atoms with Gasteiger partial charge >= 0.3 is 0 Å². The van der Waals surface area contributed by atoms with Crippen LogP contribution in [0.3, 0.4) is 0 Å². The topological polar surface area (TPSA) is 67.7 Å². The van der Waals surface area contributed by atoms with E-state index in [1.54, 1.807) is 54.0 Å². The zero-order valence-electron chi connectivity index (χ0n) is 15.6. The molecule has 0 aliphatic carbocycles. The Bertz CT molecular complexity index is 638. The van der Waals surface area contributed by atoms with Crippen LogP contribution in [0.25, 0.3) is 6.08 Å². The molecule has 138 valence electrons. The van der Waals surface area contributed by atoms with Crippen LogP contribution in [0.5, 0.6) is 0 Å². The zero-order valence-corrected chi connectivity index (χ0v) is 15.6. The standard InChI is InChI=1S/C18H28N4O3/c1-20(2)16(23)8-10-18(25-4)9-5-11-22(14-18)17(24)7-6-15-12-19-21(3)13-15/h6-7,12-13H,5,8-11,14H2,1-4H3/b7-6+/t18-/m0/s1. The Balaban J connectivity index is 1.98. The number of likely N-dealkylation sites (tertiary alicyclic amines) is 1. The molecule has 0 bridgehead atoms. The number of nitrogens with zero attached hydrogens (tertiary/aromatic N) is 4. The molecule has 1 saturated heterocycles. The van der Waals surface area contributed by atoms with Gasteiger partial charge in [0, 0.05) is 65.6 Å². The molecule has 1 aromatic rings. The second kappa shape index (κ2) is 8.29. The number of ether oxygens (including phenoxy) is 1. The number of carbonyl (C=O) groups is 2. The van der Waals surface area contributed by atoms with Crippen LogP contribution in [-0.4, -0.2) is 71.3 Å². The Labute approximate surface area is 149 Å². The molecule has 0 aromatic carbocycles. The quantitative estimate of drug-likeness (QED) is 0.727. The number of rotatable bonds is 6. The van der Waals surface area contributed by atoms with E-state index < -0.39 is 5.60 Å². The number of hydrogen-bond acceptors (Lipinski definition) is 4. The third kappa shape index (κ3) is 5.16. The lowest BCUT2D eigenvalue weighted by Gasteiger charge is -2.41. The molecule has 1 aromatic heterocycles. The van der Waals surface area contributed by atoms with Gasteiger partial charge in [-0.2, -0.15) is 5.10 Å². The van der Waals surface area contributed by atoms with Gasteiger partial charge in [-0.25, -0.2) is 0 Å². The molecular formula is C18H28N4O3. The summed E-state index contributed by atoms with van der Waals surface area (Å²) in [7, 11) is 7.01. The predicted molar refractivity (Wildman–Crippen MR) is 95.7 cm³/mol. The van der Waals surface area contributed by atoms with Crippen molar-refractivity contribution < 1.29 is 14.3 Å². The first-order chi connectivity index (χ1) is 11.8. The Morgan fingerprint density at radius 3 is 2.80 bits per heavy atom. The minimum absolute atomic E-state index is 0.0380. The molecule has 2 heterocycles. The minimum atomic E-state index is -0.443. The number of carbonyl (C=O) groups excluding carboxylic acids is 2. The Morgan fingerprint density at radius 2 is 2.20 bits per heavy atom. The molecule has 2 amide bonds. The first-order valence-corrected chi connectivity index (χ1v) is 8.56. The summed E-state index contributed by atoms with van der Waals surface area (Å²) in [5, 5.41) is 4.08. The van der Waals surface area contributed by atoms with Gasteiger partial charge in [0.2, 0.25) is 11.8 Å². The summed E-state index contributed by atoms with van der Waals surface area (Å²) >= 11 is 0. The third-order valence-electron chi connectivity index (χ3n) is 4.72. The first kappa shape index (κ1) is 19.2. The van der Waals surface area contributed by atoms with Crippen molar-refractivity contribution in [1.29, 1.82) is 0 Å². The highest BCUT2D eigenvalue weighted by Crippen LogP contribution is 2.29. The van der Waals surface area contributed by atoms with Crippen LogP contribution >= 0.6 is 0 Å². The summed E-state index contributed by atoms with van der Waals surface area (Å²) in [6, 6.07) is 0. The average Bonchev–Trinajstić information content (AvgIpc) is 3.03.